The fourth-order valence-corrected chi connectivity index (χ4v) is 2.73. The number of allylic oxidation sites excluding steroid dienone is 1. The maximum absolute atomic E-state index is 12.3. The lowest BCUT2D eigenvalue weighted by molar-refractivity contribution is -0.274. The van der Waals surface area contributed by atoms with E-state index in [4.69, 9.17) is 0 Å². The third-order valence-corrected chi connectivity index (χ3v) is 3.93. The van der Waals surface area contributed by atoms with Crippen molar-refractivity contribution in [1.29, 1.82) is 0 Å². The Labute approximate surface area is 149 Å². The summed E-state index contributed by atoms with van der Waals surface area (Å²) in [4.78, 5) is 6.55. The fourth-order valence-electron chi connectivity index (χ4n) is 2.73. The first-order chi connectivity index (χ1) is 12.3. The van der Waals surface area contributed by atoms with Gasteiger partial charge in [-0.05, 0) is 31.2 Å². The van der Waals surface area contributed by atoms with E-state index in [1.54, 1.807) is 12.1 Å². The highest BCUT2D eigenvalue weighted by atomic mass is 19.4. The lowest BCUT2D eigenvalue weighted by Crippen LogP contribution is -2.31. The summed E-state index contributed by atoms with van der Waals surface area (Å²) in [6.45, 7) is 2.45. The summed E-state index contributed by atoms with van der Waals surface area (Å²) in [5.74, 6) is 0.598. The first-order valence-corrected chi connectivity index (χ1v) is 7.98. The van der Waals surface area contributed by atoms with Gasteiger partial charge in [-0.15, -0.1) is 13.2 Å². The second kappa shape index (κ2) is 7.11. The van der Waals surface area contributed by atoms with E-state index in [-0.39, 0.29) is 5.75 Å². The average Bonchev–Trinajstić information content (AvgIpc) is 2.59. The fraction of sp³-hybridized carbons (Fsp3) is 0.211. The maximum Gasteiger partial charge on any atom is 0.573 e. The molecule has 26 heavy (non-hydrogen) atoms. The van der Waals surface area contributed by atoms with E-state index in [0.29, 0.717) is 12.4 Å². The van der Waals surface area contributed by atoms with Gasteiger partial charge in [-0.3, -0.25) is 4.99 Å². The molecule has 0 unspecified atom stereocenters. The van der Waals surface area contributed by atoms with Crippen molar-refractivity contribution in [3.8, 4) is 5.75 Å². The molecule has 0 spiro atoms. The summed E-state index contributed by atoms with van der Waals surface area (Å²) in [5, 5.41) is 3.26. The normalized spacial score (nSPS) is 15.0. The minimum Gasteiger partial charge on any atom is -0.406 e. The number of ether oxygens (including phenoxy) is 1. The molecule has 2 aromatic carbocycles. The van der Waals surface area contributed by atoms with Crippen LogP contribution in [0.5, 0.6) is 5.75 Å². The third-order valence-electron chi connectivity index (χ3n) is 3.93. The molecule has 0 saturated carbocycles. The lowest BCUT2D eigenvalue weighted by Gasteiger charge is -2.29. The van der Waals surface area contributed by atoms with Gasteiger partial charge in [-0.25, -0.2) is 0 Å². The summed E-state index contributed by atoms with van der Waals surface area (Å²) in [6, 6.07) is 15.5. The van der Waals surface area contributed by atoms with E-state index < -0.39 is 6.36 Å². The minimum atomic E-state index is -4.70. The molecule has 4 nitrogen and oxygen atoms in total. The van der Waals surface area contributed by atoms with Crippen LogP contribution in [0.1, 0.15) is 12.5 Å². The molecule has 0 amide bonds. The summed E-state index contributed by atoms with van der Waals surface area (Å²) < 4.78 is 40.7. The number of nitrogens with one attached hydrogen (secondary N) is 1. The van der Waals surface area contributed by atoms with Gasteiger partial charge < -0.3 is 15.0 Å². The number of nitrogens with zero attached hydrogens (tertiary/aromatic N) is 2. The molecule has 3 rings (SSSR count). The first-order valence-electron chi connectivity index (χ1n) is 7.98. The highest BCUT2D eigenvalue weighted by Gasteiger charge is 2.31. The van der Waals surface area contributed by atoms with Crippen LogP contribution in [0.15, 0.2) is 71.0 Å². The number of aliphatic imine (C=N–C) groups is 1. The molecule has 2 aromatic rings. The molecule has 0 bridgehead atoms. The van der Waals surface area contributed by atoms with Crippen LogP contribution in [-0.2, 0) is 0 Å². The van der Waals surface area contributed by atoms with Crippen molar-refractivity contribution < 1.29 is 17.9 Å². The van der Waals surface area contributed by atoms with Crippen LogP contribution in [0.2, 0.25) is 0 Å². The van der Waals surface area contributed by atoms with E-state index in [1.807, 2.05) is 49.2 Å². The van der Waals surface area contributed by atoms with Crippen molar-refractivity contribution >= 4 is 11.4 Å². The number of halogens is 3. The Hall–Kier alpha value is -2.96. The molecule has 7 heteroatoms. The van der Waals surface area contributed by atoms with Gasteiger partial charge in [-0.2, -0.15) is 0 Å². The van der Waals surface area contributed by atoms with Gasteiger partial charge in [0.05, 0.1) is 5.71 Å². The van der Waals surface area contributed by atoms with Gasteiger partial charge in [-0.1, -0.05) is 30.3 Å². The number of rotatable bonds is 4. The predicted molar refractivity (Wildman–Crippen MR) is 95.1 cm³/mol. The van der Waals surface area contributed by atoms with Crippen LogP contribution < -0.4 is 10.1 Å². The molecule has 1 heterocycles. The van der Waals surface area contributed by atoms with E-state index in [2.05, 4.69) is 15.0 Å². The quantitative estimate of drug-likeness (QED) is 0.863. The van der Waals surface area contributed by atoms with Crippen molar-refractivity contribution in [1.82, 2.24) is 4.90 Å². The molecule has 136 valence electrons. The Bertz CT molecular complexity index is 827. The van der Waals surface area contributed by atoms with Crippen molar-refractivity contribution in [2.24, 2.45) is 4.99 Å². The topological polar surface area (TPSA) is 36.9 Å². The molecule has 1 aliphatic heterocycles. The largest absolute Gasteiger partial charge is 0.573 e. The Morgan fingerprint density at radius 3 is 2.31 bits per heavy atom. The monoisotopic (exact) mass is 361 g/mol. The molecule has 0 atom stereocenters. The van der Waals surface area contributed by atoms with Crippen LogP contribution in [-0.4, -0.2) is 30.7 Å². The molecule has 0 aromatic heterocycles. The number of alkyl halides is 3. The van der Waals surface area contributed by atoms with Gasteiger partial charge >= 0.3 is 6.36 Å². The average molecular weight is 361 g/mol. The highest BCUT2D eigenvalue weighted by molar-refractivity contribution is 6.13. The lowest BCUT2D eigenvalue weighted by atomic mass is 10.0. The number of hydrogen-bond donors (Lipinski definition) is 1. The van der Waals surface area contributed by atoms with Gasteiger partial charge in [0.25, 0.3) is 0 Å². The molecule has 1 aliphatic rings. The smallest absolute Gasteiger partial charge is 0.406 e. The Morgan fingerprint density at radius 1 is 1.04 bits per heavy atom. The summed E-state index contributed by atoms with van der Waals surface area (Å²) in [7, 11) is 1.90. The van der Waals surface area contributed by atoms with Crippen molar-refractivity contribution in [2.45, 2.75) is 13.3 Å². The SMILES string of the molecule is CC1=C(Nc2ccc(OC(F)(F)F)cc2)N(C)CN=C1c1ccccc1. The van der Waals surface area contributed by atoms with Crippen LogP contribution >= 0.6 is 0 Å². The van der Waals surface area contributed by atoms with E-state index in [1.165, 1.54) is 12.1 Å². The molecule has 0 radical (unpaired) electrons. The van der Waals surface area contributed by atoms with Crippen LogP contribution in [0, 0.1) is 0 Å². The van der Waals surface area contributed by atoms with Gasteiger partial charge in [0, 0.05) is 23.9 Å². The Morgan fingerprint density at radius 2 is 1.69 bits per heavy atom. The second-order valence-electron chi connectivity index (χ2n) is 5.88. The molecule has 1 N–H and O–H groups in total. The zero-order chi connectivity index (χ0) is 18.7. The first kappa shape index (κ1) is 17.8. The maximum atomic E-state index is 12.3. The molecule has 0 aliphatic carbocycles. The second-order valence-corrected chi connectivity index (χ2v) is 5.88. The Kier molecular flexibility index (Phi) is 4.88. The minimum absolute atomic E-state index is 0.253. The summed E-state index contributed by atoms with van der Waals surface area (Å²) in [5.41, 5.74) is 3.53. The van der Waals surface area contributed by atoms with Crippen LogP contribution in [0.3, 0.4) is 0 Å². The third kappa shape index (κ3) is 4.17. The molecule has 0 saturated heterocycles. The van der Waals surface area contributed by atoms with Crippen molar-refractivity contribution in [2.75, 3.05) is 19.0 Å². The number of benzene rings is 2. The van der Waals surface area contributed by atoms with E-state index in [9.17, 15) is 13.2 Å². The zero-order valence-corrected chi connectivity index (χ0v) is 14.3. The van der Waals surface area contributed by atoms with E-state index >= 15 is 0 Å². The zero-order valence-electron chi connectivity index (χ0n) is 14.3. The molecule has 0 fully saturated rings. The van der Waals surface area contributed by atoms with Gasteiger partial charge in [0.15, 0.2) is 0 Å². The van der Waals surface area contributed by atoms with Crippen LogP contribution in [0.25, 0.3) is 0 Å². The molecular weight excluding hydrogens is 343 g/mol. The highest BCUT2D eigenvalue weighted by Crippen LogP contribution is 2.26. The molecular formula is C19H18F3N3O. The summed E-state index contributed by atoms with van der Waals surface area (Å²) in [6.07, 6.45) is -4.70. The van der Waals surface area contributed by atoms with Gasteiger partial charge in [0.2, 0.25) is 0 Å². The van der Waals surface area contributed by atoms with Crippen LogP contribution in [0.4, 0.5) is 18.9 Å². The number of anilines is 1. The van der Waals surface area contributed by atoms with E-state index in [0.717, 1.165) is 22.7 Å². The summed E-state index contributed by atoms with van der Waals surface area (Å²) >= 11 is 0. The number of hydrogen-bond acceptors (Lipinski definition) is 4. The Balaban J connectivity index is 1.82. The predicted octanol–water partition coefficient (Wildman–Crippen LogP) is 4.62. The standard InChI is InChI=1S/C19H18F3N3O/c1-13-17(14-6-4-3-5-7-14)23-12-25(2)18(13)24-15-8-10-16(11-9-15)26-19(20,21)22/h3-11,24H,12H2,1-2H3. The van der Waals surface area contributed by atoms with Crippen molar-refractivity contribution in [3.63, 3.8) is 0 Å². The van der Waals surface area contributed by atoms with Gasteiger partial charge in [0.1, 0.15) is 18.2 Å². The van der Waals surface area contributed by atoms with Crippen molar-refractivity contribution in [3.05, 3.63) is 71.6 Å².